The Hall–Kier alpha value is -0.820. The zero-order chi connectivity index (χ0) is 9.26. The van der Waals surface area contributed by atoms with E-state index in [0.29, 0.717) is 0 Å². The lowest BCUT2D eigenvalue weighted by Gasteiger charge is -2.15. The van der Waals surface area contributed by atoms with E-state index < -0.39 is 0 Å². The predicted octanol–water partition coefficient (Wildman–Crippen LogP) is 2.18. The van der Waals surface area contributed by atoms with Crippen LogP contribution < -0.4 is 5.32 Å². The Morgan fingerprint density at radius 3 is 2.92 bits per heavy atom. The predicted molar refractivity (Wildman–Crippen MR) is 56.0 cm³/mol. The molecular formula is C12H17N. The number of nitrogens with one attached hydrogen (secondary N) is 1. The van der Waals surface area contributed by atoms with Gasteiger partial charge in [0.1, 0.15) is 0 Å². The van der Waals surface area contributed by atoms with Gasteiger partial charge in [-0.25, -0.2) is 0 Å². The molecular weight excluding hydrogens is 158 g/mol. The summed E-state index contributed by atoms with van der Waals surface area (Å²) in [5.74, 6) is 1.52. The Kier molecular flexibility index (Phi) is 2.36. The quantitative estimate of drug-likeness (QED) is 0.726. The summed E-state index contributed by atoms with van der Waals surface area (Å²) in [5.41, 5.74) is 3.11. The van der Waals surface area contributed by atoms with Crippen molar-refractivity contribution in [2.75, 3.05) is 13.6 Å². The van der Waals surface area contributed by atoms with E-state index in [9.17, 15) is 0 Å². The number of likely N-dealkylation sites (N-methyl/N-ethyl adjacent to an activating group) is 1. The summed E-state index contributed by atoms with van der Waals surface area (Å²) in [6.45, 7) is 3.46. The van der Waals surface area contributed by atoms with Crippen LogP contribution in [0.25, 0.3) is 0 Å². The fourth-order valence-corrected chi connectivity index (χ4v) is 2.41. The highest BCUT2D eigenvalue weighted by molar-refractivity contribution is 5.36. The molecule has 1 aliphatic rings. The Labute approximate surface area is 80.2 Å². The molecule has 1 heteroatoms. The Morgan fingerprint density at radius 2 is 2.15 bits per heavy atom. The van der Waals surface area contributed by atoms with Gasteiger partial charge < -0.3 is 5.32 Å². The SMILES string of the molecule is CNCC1c2ccccc2CC1C. The summed E-state index contributed by atoms with van der Waals surface area (Å²) >= 11 is 0. The third kappa shape index (κ3) is 1.49. The van der Waals surface area contributed by atoms with Crippen LogP contribution in [-0.4, -0.2) is 13.6 Å². The molecule has 1 nitrogen and oxygen atoms in total. The van der Waals surface area contributed by atoms with Crippen LogP contribution in [-0.2, 0) is 6.42 Å². The summed E-state index contributed by atoms with van der Waals surface area (Å²) in [6.07, 6.45) is 1.25. The maximum absolute atomic E-state index is 3.28. The van der Waals surface area contributed by atoms with Crippen molar-refractivity contribution in [3.05, 3.63) is 35.4 Å². The lowest BCUT2D eigenvalue weighted by Crippen LogP contribution is -2.19. The lowest BCUT2D eigenvalue weighted by atomic mass is 9.94. The minimum Gasteiger partial charge on any atom is -0.319 e. The topological polar surface area (TPSA) is 12.0 Å². The van der Waals surface area contributed by atoms with Crippen LogP contribution in [0.4, 0.5) is 0 Å². The Balaban J connectivity index is 2.29. The van der Waals surface area contributed by atoms with Gasteiger partial charge in [-0.15, -0.1) is 0 Å². The molecule has 0 spiro atoms. The number of rotatable bonds is 2. The van der Waals surface area contributed by atoms with Gasteiger partial charge in [0.2, 0.25) is 0 Å². The zero-order valence-corrected chi connectivity index (χ0v) is 8.38. The lowest BCUT2D eigenvalue weighted by molar-refractivity contribution is 0.480. The second kappa shape index (κ2) is 3.51. The van der Waals surface area contributed by atoms with Gasteiger partial charge in [-0.05, 0) is 36.4 Å². The Morgan fingerprint density at radius 1 is 1.38 bits per heavy atom. The van der Waals surface area contributed by atoms with Crippen LogP contribution in [0.2, 0.25) is 0 Å². The van der Waals surface area contributed by atoms with E-state index in [1.807, 2.05) is 7.05 Å². The van der Waals surface area contributed by atoms with Gasteiger partial charge >= 0.3 is 0 Å². The first-order chi connectivity index (χ1) is 6.33. The van der Waals surface area contributed by atoms with Crippen LogP contribution in [0.3, 0.4) is 0 Å². The van der Waals surface area contributed by atoms with Gasteiger partial charge in [0.25, 0.3) is 0 Å². The summed E-state index contributed by atoms with van der Waals surface area (Å²) in [6, 6.07) is 8.84. The maximum Gasteiger partial charge on any atom is 0.00199 e. The van der Waals surface area contributed by atoms with Crippen molar-refractivity contribution in [2.45, 2.75) is 19.3 Å². The molecule has 2 atom stereocenters. The molecule has 2 rings (SSSR count). The van der Waals surface area contributed by atoms with E-state index >= 15 is 0 Å². The van der Waals surface area contributed by atoms with Crippen molar-refractivity contribution in [2.24, 2.45) is 5.92 Å². The number of hydrogen-bond donors (Lipinski definition) is 1. The first kappa shape index (κ1) is 8.76. The van der Waals surface area contributed by atoms with E-state index in [1.54, 1.807) is 11.1 Å². The van der Waals surface area contributed by atoms with Crippen molar-refractivity contribution in [1.29, 1.82) is 0 Å². The number of benzene rings is 1. The summed E-state index contributed by atoms with van der Waals surface area (Å²) < 4.78 is 0. The maximum atomic E-state index is 3.28. The highest BCUT2D eigenvalue weighted by Gasteiger charge is 2.27. The van der Waals surface area contributed by atoms with Crippen LogP contribution in [0, 0.1) is 5.92 Å². The zero-order valence-electron chi connectivity index (χ0n) is 8.38. The van der Waals surface area contributed by atoms with E-state index in [-0.39, 0.29) is 0 Å². The monoisotopic (exact) mass is 175 g/mol. The van der Waals surface area contributed by atoms with E-state index in [4.69, 9.17) is 0 Å². The van der Waals surface area contributed by atoms with Crippen molar-refractivity contribution >= 4 is 0 Å². The second-order valence-electron chi connectivity index (χ2n) is 4.04. The van der Waals surface area contributed by atoms with E-state index in [0.717, 1.165) is 18.4 Å². The fourth-order valence-electron chi connectivity index (χ4n) is 2.41. The molecule has 1 aliphatic carbocycles. The van der Waals surface area contributed by atoms with Crippen molar-refractivity contribution in [3.63, 3.8) is 0 Å². The smallest absolute Gasteiger partial charge is 0.00199 e. The average molecular weight is 175 g/mol. The number of hydrogen-bond acceptors (Lipinski definition) is 1. The molecule has 1 aromatic carbocycles. The third-order valence-electron chi connectivity index (χ3n) is 3.11. The molecule has 0 amide bonds. The highest BCUT2D eigenvalue weighted by Crippen LogP contribution is 2.36. The third-order valence-corrected chi connectivity index (χ3v) is 3.11. The van der Waals surface area contributed by atoms with E-state index in [2.05, 4.69) is 36.5 Å². The van der Waals surface area contributed by atoms with Crippen molar-refractivity contribution in [1.82, 2.24) is 5.32 Å². The molecule has 1 aromatic rings. The molecule has 2 unspecified atom stereocenters. The fraction of sp³-hybridized carbons (Fsp3) is 0.500. The van der Waals surface area contributed by atoms with Crippen molar-refractivity contribution < 1.29 is 0 Å². The molecule has 0 bridgehead atoms. The molecule has 0 saturated carbocycles. The van der Waals surface area contributed by atoms with Crippen molar-refractivity contribution in [3.8, 4) is 0 Å². The van der Waals surface area contributed by atoms with Gasteiger partial charge in [0.15, 0.2) is 0 Å². The molecule has 0 fully saturated rings. The van der Waals surface area contributed by atoms with E-state index in [1.165, 1.54) is 6.42 Å². The number of fused-ring (bicyclic) bond motifs is 1. The first-order valence-electron chi connectivity index (χ1n) is 5.05. The molecule has 13 heavy (non-hydrogen) atoms. The van der Waals surface area contributed by atoms with Gasteiger partial charge in [-0.1, -0.05) is 31.2 Å². The molecule has 0 saturated heterocycles. The minimum absolute atomic E-state index is 0.723. The molecule has 0 radical (unpaired) electrons. The standard InChI is InChI=1S/C12H17N/c1-9-7-10-5-3-4-6-11(10)12(9)8-13-2/h3-6,9,12-13H,7-8H2,1-2H3. The first-order valence-corrected chi connectivity index (χ1v) is 5.05. The molecule has 1 N–H and O–H groups in total. The van der Waals surface area contributed by atoms with Gasteiger partial charge in [-0.2, -0.15) is 0 Å². The normalized spacial score (nSPS) is 26.0. The summed E-state index contributed by atoms with van der Waals surface area (Å²) in [7, 11) is 2.04. The summed E-state index contributed by atoms with van der Waals surface area (Å²) in [5, 5.41) is 3.28. The average Bonchev–Trinajstić information content (AvgIpc) is 2.44. The van der Waals surface area contributed by atoms with Crippen LogP contribution in [0.1, 0.15) is 24.0 Å². The molecule has 70 valence electrons. The Bertz CT molecular complexity index is 293. The summed E-state index contributed by atoms with van der Waals surface area (Å²) in [4.78, 5) is 0. The molecule has 0 aromatic heterocycles. The minimum atomic E-state index is 0.723. The van der Waals surface area contributed by atoms with Crippen LogP contribution in [0.15, 0.2) is 24.3 Å². The van der Waals surface area contributed by atoms with Crippen LogP contribution in [0.5, 0.6) is 0 Å². The van der Waals surface area contributed by atoms with Crippen LogP contribution >= 0.6 is 0 Å². The largest absolute Gasteiger partial charge is 0.319 e. The van der Waals surface area contributed by atoms with Gasteiger partial charge in [0.05, 0.1) is 0 Å². The molecule has 0 heterocycles. The second-order valence-corrected chi connectivity index (χ2v) is 4.04. The highest BCUT2D eigenvalue weighted by atomic mass is 14.8. The molecule has 0 aliphatic heterocycles. The van der Waals surface area contributed by atoms with Gasteiger partial charge in [-0.3, -0.25) is 0 Å². The van der Waals surface area contributed by atoms with Gasteiger partial charge in [0, 0.05) is 6.54 Å².